The van der Waals surface area contributed by atoms with Crippen LogP contribution in [0.1, 0.15) is 12.8 Å². The summed E-state index contributed by atoms with van der Waals surface area (Å²) in [5, 5.41) is 6.82. The van der Waals surface area contributed by atoms with Gasteiger partial charge in [-0.2, -0.15) is 5.10 Å². The van der Waals surface area contributed by atoms with Crippen molar-refractivity contribution in [2.45, 2.75) is 18.9 Å². The van der Waals surface area contributed by atoms with Crippen LogP contribution >= 0.6 is 0 Å². The van der Waals surface area contributed by atoms with Crippen LogP contribution in [-0.2, 0) is 11.8 Å². The third-order valence-electron chi connectivity index (χ3n) is 2.22. The zero-order valence-corrected chi connectivity index (χ0v) is 8.06. The summed E-state index contributed by atoms with van der Waals surface area (Å²) in [5.74, 6) is 0.860. The molecule has 0 spiro atoms. The molecule has 1 saturated heterocycles. The van der Waals surface area contributed by atoms with Gasteiger partial charge in [0.1, 0.15) is 6.61 Å². The number of aromatic nitrogens is 2. The Balaban J connectivity index is 1.80. The van der Waals surface area contributed by atoms with Crippen LogP contribution in [0.5, 0.6) is 5.75 Å². The molecule has 1 aliphatic heterocycles. The Kier molecular flexibility index (Phi) is 2.39. The molecule has 1 amide bonds. The van der Waals surface area contributed by atoms with Gasteiger partial charge in [0.25, 0.3) is 0 Å². The van der Waals surface area contributed by atoms with Gasteiger partial charge < -0.3 is 10.1 Å². The van der Waals surface area contributed by atoms with Crippen LogP contribution in [-0.4, -0.2) is 28.3 Å². The van der Waals surface area contributed by atoms with Crippen molar-refractivity contribution < 1.29 is 9.53 Å². The Morgan fingerprint density at radius 3 is 3.21 bits per heavy atom. The van der Waals surface area contributed by atoms with E-state index in [-0.39, 0.29) is 11.9 Å². The van der Waals surface area contributed by atoms with E-state index in [1.54, 1.807) is 17.1 Å². The molecule has 1 aliphatic rings. The van der Waals surface area contributed by atoms with Crippen LogP contribution in [0, 0.1) is 0 Å². The van der Waals surface area contributed by atoms with Gasteiger partial charge in [0.15, 0.2) is 5.75 Å². The highest BCUT2D eigenvalue weighted by Crippen LogP contribution is 2.11. The van der Waals surface area contributed by atoms with Gasteiger partial charge in [0, 0.05) is 13.5 Å². The van der Waals surface area contributed by atoms with Crippen molar-refractivity contribution >= 4 is 5.91 Å². The quantitative estimate of drug-likeness (QED) is 0.743. The normalized spacial score (nSPS) is 20.9. The molecule has 0 saturated carbocycles. The molecule has 2 rings (SSSR count). The van der Waals surface area contributed by atoms with Gasteiger partial charge in [0.2, 0.25) is 5.91 Å². The lowest BCUT2D eigenvalue weighted by Crippen LogP contribution is -2.30. The van der Waals surface area contributed by atoms with E-state index in [1.807, 2.05) is 7.05 Å². The van der Waals surface area contributed by atoms with E-state index in [9.17, 15) is 4.79 Å². The number of nitrogens with zero attached hydrogens (tertiary/aromatic N) is 2. The summed E-state index contributed by atoms with van der Waals surface area (Å²) in [4.78, 5) is 10.9. The van der Waals surface area contributed by atoms with Crippen LogP contribution < -0.4 is 10.1 Å². The maximum absolute atomic E-state index is 10.9. The van der Waals surface area contributed by atoms with Gasteiger partial charge in [-0.25, -0.2) is 0 Å². The number of hydrogen-bond donors (Lipinski definition) is 1. The minimum absolute atomic E-state index is 0.116. The van der Waals surface area contributed by atoms with Crippen LogP contribution in [0.25, 0.3) is 0 Å². The van der Waals surface area contributed by atoms with Crippen molar-refractivity contribution in [2.75, 3.05) is 6.61 Å². The Hall–Kier alpha value is -1.52. The van der Waals surface area contributed by atoms with Gasteiger partial charge >= 0.3 is 0 Å². The summed E-state index contributed by atoms with van der Waals surface area (Å²) in [6.45, 7) is 0.525. The molecular weight excluding hydrogens is 182 g/mol. The summed E-state index contributed by atoms with van der Waals surface area (Å²) in [6.07, 6.45) is 4.94. The molecule has 1 aromatic heterocycles. The van der Waals surface area contributed by atoms with Gasteiger partial charge in [-0.05, 0) is 6.42 Å². The van der Waals surface area contributed by atoms with Crippen LogP contribution in [0.4, 0.5) is 0 Å². The lowest BCUT2D eigenvalue weighted by molar-refractivity contribution is -0.119. The standard InChI is InChI=1S/C9H13N3O2/c1-12-5-8(4-10-12)14-6-7-2-3-9(13)11-7/h4-5,7H,2-3,6H2,1H3,(H,11,13)/t7-/m1/s1. The predicted octanol–water partition coefficient (Wildman–Crippen LogP) is 0.0775. The summed E-state index contributed by atoms with van der Waals surface area (Å²) >= 11 is 0. The Morgan fingerprint density at radius 2 is 2.64 bits per heavy atom. The molecule has 0 aliphatic carbocycles. The topological polar surface area (TPSA) is 56.1 Å². The van der Waals surface area contributed by atoms with E-state index >= 15 is 0 Å². The fourth-order valence-electron chi connectivity index (χ4n) is 1.47. The van der Waals surface area contributed by atoms with E-state index in [0.29, 0.717) is 13.0 Å². The zero-order chi connectivity index (χ0) is 9.97. The van der Waals surface area contributed by atoms with E-state index < -0.39 is 0 Å². The first-order chi connectivity index (χ1) is 6.74. The van der Waals surface area contributed by atoms with E-state index in [0.717, 1.165) is 12.2 Å². The van der Waals surface area contributed by atoms with Crippen molar-refractivity contribution in [3.63, 3.8) is 0 Å². The van der Waals surface area contributed by atoms with Crippen molar-refractivity contribution in [1.82, 2.24) is 15.1 Å². The van der Waals surface area contributed by atoms with Gasteiger partial charge in [-0.3, -0.25) is 9.48 Å². The number of carbonyl (C=O) groups excluding carboxylic acids is 1. The lowest BCUT2D eigenvalue weighted by atomic mass is 10.2. The van der Waals surface area contributed by atoms with E-state index in [4.69, 9.17) is 4.74 Å². The van der Waals surface area contributed by atoms with Gasteiger partial charge in [0.05, 0.1) is 18.4 Å². The summed E-state index contributed by atoms with van der Waals surface area (Å²) < 4.78 is 7.14. The number of carbonyl (C=O) groups is 1. The molecular formula is C9H13N3O2. The number of aryl methyl sites for hydroxylation is 1. The highest BCUT2D eigenvalue weighted by Gasteiger charge is 2.21. The van der Waals surface area contributed by atoms with E-state index in [1.165, 1.54) is 0 Å². The maximum atomic E-state index is 10.9. The monoisotopic (exact) mass is 195 g/mol. The van der Waals surface area contributed by atoms with Crippen LogP contribution in [0.3, 0.4) is 0 Å². The van der Waals surface area contributed by atoms with E-state index in [2.05, 4.69) is 10.4 Å². The molecule has 0 unspecified atom stereocenters. The molecule has 5 heteroatoms. The minimum atomic E-state index is 0.116. The van der Waals surface area contributed by atoms with Gasteiger partial charge in [-0.1, -0.05) is 0 Å². The molecule has 76 valence electrons. The zero-order valence-electron chi connectivity index (χ0n) is 8.06. The SMILES string of the molecule is Cn1cc(OC[C@H]2CCC(=O)N2)cn1. The fraction of sp³-hybridized carbons (Fsp3) is 0.556. The highest BCUT2D eigenvalue weighted by atomic mass is 16.5. The number of amides is 1. The number of rotatable bonds is 3. The Labute approximate surface area is 82.0 Å². The average molecular weight is 195 g/mol. The molecule has 1 N–H and O–H groups in total. The summed E-state index contributed by atoms with van der Waals surface area (Å²) in [7, 11) is 1.84. The van der Waals surface area contributed by atoms with Crippen LogP contribution in [0.15, 0.2) is 12.4 Å². The second-order valence-electron chi connectivity index (χ2n) is 3.46. The van der Waals surface area contributed by atoms with Gasteiger partial charge in [-0.15, -0.1) is 0 Å². The maximum Gasteiger partial charge on any atom is 0.220 e. The first-order valence-corrected chi connectivity index (χ1v) is 4.65. The highest BCUT2D eigenvalue weighted by molar-refractivity contribution is 5.78. The molecule has 14 heavy (non-hydrogen) atoms. The third kappa shape index (κ3) is 2.04. The van der Waals surface area contributed by atoms with Crippen molar-refractivity contribution in [1.29, 1.82) is 0 Å². The smallest absolute Gasteiger partial charge is 0.220 e. The third-order valence-corrected chi connectivity index (χ3v) is 2.22. The molecule has 5 nitrogen and oxygen atoms in total. The molecule has 0 aromatic carbocycles. The van der Waals surface area contributed by atoms with Crippen molar-refractivity contribution in [3.8, 4) is 5.75 Å². The molecule has 2 heterocycles. The summed E-state index contributed by atoms with van der Waals surface area (Å²) in [6, 6.07) is 0.155. The first-order valence-electron chi connectivity index (χ1n) is 4.65. The van der Waals surface area contributed by atoms with Crippen LogP contribution in [0.2, 0.25) is 0 Å². The number of hydrogen-bond acceptors (Lipinski definition) is 3. The Morgan fingerprint density at radius 1 is 1.79 bits per heavy atom. The lowest BCUT2D eigenvalue weighted by Gasteiger charge is -2.09. The first kappa shape index (κ1) is 9.05. The van der Waals surface area contributed by atoms with Crippen molar-refractivity contribution in [2.24, 2.45) is 7.05 Å². The predicted molar refractivity (Wildman–Crippen MR) is 49.9 cm³/mol. The summed E-state index contributed by atoms with van der Waals surface area (Å²) in [5.41, 5.74) is 0. The average Bonchev–Trinajstić information content (AvgIpc) is 2.72. The largest absolute Gasteiger partial charge is 0.488 e. The molecule has 0 bridgehead atoms. The minimum Gasteiger partial charge on any atom is -0.488 e. The molecule has 0 radical (unpaired) electrons. The molecule has 1 atom stereocenters. The fourth-order valence-corrected chi connectivity index (χ4v) is 1.47. The Bertz CT molecular complexity index is 335. The second kappa shape index (κ2) is 3.69. The van der Waals surface area contributed by atoms with Crippen molar-refractivity contribution in [3.05, 3.63) is 12.4 Å². The molecule has 1 fully saturated rings. The second-order valence-corrected chi connectivity index (χ2v) is 3.46. The number of ether oxygens (including phenoxy) is 1. The molecule has 1 aromatic rings. The number of nitrogens with one attached hydrogen (secondary N) is 1.